The van der Waals surface area contributed by atoms with Gasteiger partial charge in [0.2, 0.25) is 0 Å². The van der Waals surface area contributed by atoms with Crippen LogP contribution in [0.25, 0.3) is 0 Å². The fraction of sp³-hybridized carbons (Fsp3) is 0.125. The normalized spacial score (nSPS) is 10.0. The third-order valence-corrected chi connectivity index (χ3v) is 3.27. The van der Waals surface area contributed by atoms with Crippen LogP contribution in [-0.4, -0.2) is 18.5 Å². The Morgan fingerprint density at radius 2 is 1.82 bits per heavy atom. The van der Waals surface area contributed by atoms with Crippen LogP contribution < -0.4 is 11.1 Å². The summed E-state index contributed by atoms with van der Waals surface area (Å²) in [5.41, 5.74) is 6.93. The van der Waals surface area contributed by atoms with E-state index in [1.807, 2.05) is 30.3 Å². The van der Waals surface area contributed by atoms with Crippen LogP contribution in [0.4, 0.5) is 5.69 Å². The molecular weight excluding hydrogens is 304 g/mol. The SMILES string of the molecule is Nc1c(Cl)cccc1C(=O)OCC(=O)NCc1ccccc1. The number of halogens is 1. The van der Waals surface area contributed by atoms with Gasteiger partial charge in [0.15, 0.2) is 6.61 Å². The van der Waals surface area contributed by atoms with E-state index in [1.165, 1.54) is 6.07 Å². The molecule has 2 aromatic carbocycles. The standard InChI is InChI=1S/C16H15ClN2O3/c17-13-8-4-7-12(15(13)18)16(21)22-10-14(20)19-9-11-5-2-1-3-6-11/h1-8H,9-10,18H2,(H,19,20). The Hall–Kier alpha value is -2.53. The summed E-state index contributed by atoms with van der Waals surface area (Å²) in [6.07, 6.45) is 0. The van der Waals surface area contributed by atoms with Crippen LogP contribution in [0.3, 0.4) is 0 Å². The molecule has 2 rings (SSSR count). The van der Waals surface area contributed by atoms with E-state index in [9.17, 15) is 9.59 Å². The van der Waals surface area contributed by atoms with E-state index < -0.39 is 11.9 Å². The second-order valence-electron chi connectivity index (χ2n) is 4.54. The van der Waals surface area contributed by atoms with E-state index in [4.69, 9.17) is 22.1 Å². The highest BCUT2D eigenvalue weighted by molar-refractivity contribution is 6.33. The van der Waals surface area contributed by atoms with Crippen molar-refractivity contribution in [1.29, 1.82) is 0 Å². The first kappa shape index (κ1) is 15.9. The molecule has 22 heavy (non-hydrogen) atoms. The average molecular weight is 319 g/mol. The molecule has 0 spiro atoms. The zero-order valence-electron chi connectivity index (χ0n) is 11.7. The second-order valence-corrected chi connectivity index (χ2v) is 4.95. The van der Waals surface area contributed by atoms with Crippen molar-refractivity contribution >= 4 is 29.2 Å². The second kappa shape index (κ2) is 7.47. The quantitative estimate of drug-likeness (QED) is 0.655. The predicted molar refractivity (Wildman–Crippen MR) is 84.4 cm³/mol. The van der Waals surface area contributed by atoms with Gasteiger partial charge in [0.05, 0.1) is 16.3 Å². The number of para-hydroxylation sites is 1. The van der Waals surface area contributed by atoms with Crippen molar-refractivity contribution < 1.29 is 14.3 Å². The maximum Gasteiger partial charge on any atom is 0.340 e. The molecule has 0 aliphatic rings. The number of nitrogens with two attached hydrogens (primary N) is 1. The van der Waals surface area contributed by atoms with E-state index >= 15 is 0 Å². The van der Waals surface area contributed by atoms with Gasteiger partial charge in [0, 0.05) is 6.54 Å². The Kier molecular flexibility index (Phi) is 5.38. The number of carbonyl (C=O) groups is 2. The molecule has 1 amide bonds. The van der Waals surface area contributed by atoms with Crippen LogP contribution in [0, 0.1) is 0 Å². The summed E-state index contributed by atoms with van der Waals surface area (Å²) < 4.78 is 4.92. The minimum atomic E-state index is -0.685. The number of amides is 1. The molecule has 0 bridgehead atoms. The van der Waals surface area contributed by atoms with Gasteiger partial charge < -0.3 is 15.8 Å². The Labute approximate surface area is 133 Å². The molecule has 0 unspecified atom stereocenters. The van der Waals surface area contributed by atoms with Crippen LogP contribution in [0.5, 0.6) is 0 Å². The van der Waals surface area contributed by atoms with E-state index in [-0.39, 0.29) is 22.9 Å². The van der Waals surface area contributed by atoms with E-state index in [0.29, 0.717) is 6.54 Å². The first-order valence-corrected chi connectivity index (χ1v) is 6.97. The highest BCUT2D eigenvalue weighted by atomic mass is 35.5. The molecule has 0 fully saturated rings. The van der Waals surface area contributed by atoms with Crippen molar-refractivity contribution in [3.63, 3.8) is 0 Å². The van der Waals surface area contributed by atoms with Crippen LogP contribution >= 0.6 is 11.6 Å². The molecule has 5 nitrogen and oxygen atoms in total. The van der Waals surface area contributed by atoms with Crippen molar-refractivity contribution in [2.24, 2.45) is 0 Å². The summed E-state index contributed by atoms with van der Waals surface area (Å²) >= 11 is 5.83. The van der Waals surface area contributed by atoms with Crippen LogP contribution in [0.1, 0.15) is 15.9 Å². The lowest BCUT2D eigenvalue weighted by atomic mass is 10.2. The summed E-state index contributed by atoms with van der Waals surface area (Å²) in [5.74, 6) is -1.08. The van der Waals surface area contributed by atoms with Gasteiger partial charge in [-0.25, -0.2) is 4.79 Å². The Bertz CT molecular complexity index is 674. The summed E-state index contributed by atoms with van der Waals surface area (Å²) in [7, 11) is 0. The van der Waals surface area contributed by atoms with Crippen LogP contribution in [-0.2, 0) is 16.1 Å². The molecule has 0 aliphatic carbocycles. The minimum absolute atomic E-state index is 0.138. The van der Waals surface area contributed by atoms with Crippen molar-refractivity contribution in [3.8, 4) is 0 Å². The summed E-state index contributed by atoms with van der Waals surface area (Å²) in [6.45, 7) is -0.00581. The molecule has 6 heteroatoms. The van der Waals surface area contributed by atoms with Crippen molar-refractivity contribution in [2.75, 3.05) is 12.3 Å². The molecule has 2 aromatic rings. The van der Waals surface area contributed by atoms with E-state index in [1.54, 1.807) is 12.1 Å². The van der Waals surface area contributed by atoms with Gasteiger partial charge in [-0.3, -0.25) is 4.79 Å². The number of nitrogens with one attached hydrogen (secondary N) is 1. The lowest BCUT2D eigenvalue weighted by Crippen LogP contribution is -2.28. The van der Waals surface area contributed by atoms with Gasteiger partial charge in [0.1, 0.15) is 0 Å². The summed E-state index contributed by atoms with van der Waals surface area (Å²) in [6, 6.07) is 14.1. The van der Waals surface area contributed by atoms with Gasteiger partial charge in [-0.2, -0.15) is 0 Å². The minimum Gasteiger partial charge on any atom is -0.452 e. The molecule has 0 aliphatic heterocycles. The zero-order chi connectivity index (χ0) is 15.9. The number of rotatable bonds is 5. The topological polar surface area (TPSA) is 81.4 Å². The molecule has 114 valence electrons. The molecule has 0 atom stereocenters. The Morgan fingerprint density at radius 3 is 2.55 bits per heavy atom. The first-order valence-electron chi connectivity index (χ1n) is 6.59. The van der Waals surface area contributed by atoms with Gasteiger partial charge in [-0.05, 0) is 17.7 Å². The van der Waals surface area contributed by atoms with Crippen LogP contribution in [0.2, 0.25) is 5.02 Å². The molecule has 0 heterocycles. The predicted octanol–water partition coefficient (Wildman–Crippen LogP) is 2.40. The number of carbonyl (C=O) groups excluding carboxylic acids is 2. The van der Waals surface area contributed by atoms with Crippen LogP contribution in [0.15, 0.2) is 48.5 Å². The number of esters is 1. The van der Waals surface area contributed by atoms with E-state index in [0.717, 1.165) is 5.56 Å². The average Bonchev–Trinajstić information content (AvgIpc) is 2.54. The van der Waals surface area contributed by atoms with Gasteiger partial charge in [-0.1, -0.05) is 48.0 Å². The number of hydrogen-bond donors (Lipinski definition) is 2. The first-order chi connectivity index (χ1) is 10.6. The maximum absolute atomic E-state index is 11.9. The lowest BCUT2D eigenvalue weighted by molar-refractivity contribution is -0.124. The van der Waals surface area contributed by atoms with Crippen molar-refractivity contribution in [3.05, 3.63) is 64.7 Å². The van der Waals surface area contributed by atoms with Gasteiger partial charge in [0.25, 0.3) is 5.91 Å². The number of nitrogen functional groups attached to an aromatic ring is 1. The van der Waals surface area contributed by atoms with Crippen molar-refractivity contribution in [1.82, 2.24) is 5.32 Å². The van der Waals surface area contributed by atoms with E-state index in [2.05, 4.69) is 5.32 Å². The fourth-order valence-electron chi connectivity index (χ4n) is 1.77. The molecular formula is C16H15ClN2O3. The monoisotopic (exact) mass is 318 g/mol. The molecule has 0 aromatic heterocycles. The zero-order valence-corrected chi connectivity index (χ0v) is 12.5. The van der Waals surface area contributed by atoms with Crippen molar-refractivity contribution in [2.45, 2.75) is 6.54 Å². The molecule has 3 N–H and O–H groups in total. The highest BCUT2D eigenvalue weighted by Gasteiger charge is 2.14. The smallest absolute Gasteiger partial charge is 0.340 e. The molecule has 0 saturated carbocycles. The Morgan fingerprint density at radius 1 is 1.09 bits per heavy atom. The fourth-order valence-corrected chi connectivity index (χ4v) is 1.95. The largest absolute Gasteiger partial charge is 0.452 e. The lowest BCUT2D eigenvalue weighted by Gasteiger charge is -2.08. The third-order valence-electron chi connectivity index (χ3n) is 2.94. The maximum atomic E-state index is 11.9. The Balaban J connectivity index is 1.83. The highest BCUT2D eigenvalue weighted by Crippen LogP contribution is 2.22. The number of hydrogen-bond acceptors (Lipinski definition) is 4. The van der Waals surface area contributed by atoms with Gasteiger partial charge in [-0.15, -0.1) is 0 Å². The third kappa shape index (κ3) is 4.23. The number of benzene rings is 2. The molecule has 0 saturated heterocycles. The molecule has 0 radical (unpaired) electrons. The van der Waals surface area contributed by atoms with Gasteiger partial charge >= 0.3 is 5.97 Å². The summed E-state index contributed by atoms with van der Waals surface area (Å²) in [4.78, 5) is 23.5. The summed E-state index contributed by atoms with van der Waals surface area (Å²) in [5, 5.41) is 2.92. The number of anilines is 1. The number of ether oxygens (including phenoxy) is 1.